The van der Waals surface area contributed by atoms with Crippen molar-refractivity contribution in [2.24, 2.45) is 12.9 Å². The number of nitrogens with zero attached hydrogens (tertiary/aromatic N) is 3. The van der Waals surface area contributed by atoms with Crippen molar-refractivity contribution in [3.05, 3.63) is 10.3 Å². The number of hydrogen-bond acceptors (Lipinski definition) is 6. The van der Waals surface area contributed by atoms with Crippen LogP contribution in [0.5, 0.6) is 0 Å². The lowest BCUT2D eigenvalue weighted by Gasteiger charge is -2.16. The summed E-state index contributed by atoms with van der Waals surface area (Å²) in [5.41, 5.74) is 3.64. The lowest BCUT2D eigenvalue weighted by Crippen LogP contribution is -2.30. The van der Waals surface area contributed by atoms with Gasteiger partial charge in [-0.1, -0.05) is 5.21 Å². The fourth-order valence-corrected chi connectivity index (χ4v) is 2.06. The second-order valence-electron chi connectivity index (χ2n) is 3.50. The molecule has 0 aliphatic carbocycles. The third-order valence-electron chi connectivity index (χ3n) is 2.34. The molecule has 1 atom stereocenters. The maximum atomic E-state index is 5.52. The number of hydrazine groups is 1. The van der Waals surface area contributed by atoms with Crippen LogP contribution >= 0.6 is 15.9 Å². The molecule has 0 fully saturated rings. The molecule has 0 aromatic carbocycles. The Morgan fingerprint density at radius 2 is 2.24 bits per heavy atom. The molecule has 0 spiro atoms. The van der Waals surface area contributed by atoms with Crippen LogP contribution in [0.1, 0.15) is 18.2 Å². The summed E-state index contributed by atoms with van der Waals surface area (Å²) in [5, 5.41) is 7.82. The minimum atomic E-state index is -0.0491. The molecule has 0 aliphatic heterocycles. The van der Waals surface area contributed by atoms with Gasteiger partial charge in [-0.05, 0) is 22.4 Å². The molecule has 0 saturated carbocycles. The molecule has 0 bridgehead atoms. The van der Waals surface area contributed by atoms with Crippen molar-refractivity contribution in [2.75, 3.05) is 26.9 Å². The average molecular weight is 308 g/mol. The molecular weight excluding hydrogens is 290 g/mol. The first kappa shape index (κ1) is 14.5. The molecule has 0 aliphatic rings. The summed E-state index contributed by atoms with van der Waals surface area (Å²) in [6.45, 7) is 1.77. The van der Waals surface area contributed by atoms with Gasteiger partial charge in [0.2, 0.25) is 0 Å². The number of aromatic nitrogens is 3. The Kier molecular flexibility index (Phi) is 6.60. The van der Waals surface area contributed by atoms with Crippen molar-refractivity contribution in [3.63, 3.8) is 0 Å². The van der Waals surface area contributed by atoms with Crippen molar-refractivity contribution in [2.45, 2.75) is 12.5 Å². The molecule has 3 N–H and O–H groups in total. The fourth-order valence-electron chi connectivity index (χ4n) is 1.45. The summed E-state index contributed by atoms with van der Waals surface area (Å²) >= 11 is 3.34. The van der Waals surface area contributed by atoms with E-state index >= 15 is 0 Å². The molecule has 1 unspecified atom stereocenters. The van der Waals surface area contributed by atoms with Crippen molar-refractivity contribution in [1.82, 2.24) is 20.4 Å². The zero-order valence-electron chi connectivity index (χ0n) is 10.0. The number of nitrogens with two attached hydrogens (primary N) is 1. The van der Waals surface area contributed by atoms with Gasteiger partial charge in [0, 0.05) is 20.8 Å². The van der Waals surface area contributed by atoms with Gasteiger partial charge in [-0.25, -0.2) is 4.68 Å². The summed E-state index contributed by atoms with van der Waals surface area (Å²) in [5.74, 6) is 5.52. The number of aryl methyl sites for hydroxylation is 1. The van der Waals surface area contributed by atoms with Gasteiger partial charge in [-0.15, -0.1) is 5.10 Å². The van der Waals surface area contributed by atoms with Crippen molar-refractivity contribution in [3.8, 4) is 0 Å². The van der Waals surface area contributed by atoms with Gasteiger partial charge in [0.05, 0.1) is 24.9 Å². The Bertz CT molecular complexity index is 314. The standard InChI is InChI=1S/C9H18BrN5O2/c1-15-8(9(10)13-14-15)7(12-11)3-4-17-6-5-16-2/h7,12H,3-6,11H2,1-2H3. The first-order chi connectivity index (χ1) is 8.20. The SMILES string of the molecule is COCCOCCC(NN)c1c(Br)nnn1C. The summed E-state index contributed by atoms with van der Waals surface area (Å²) in [6, 6.07) is -0.0491. The molecule has 1 rings (SSSR count). The Morgan fingerprint density at radius 1 is 1.47 bits per heavy atom. The zero-order chi connectivity index (χ0) is 12.7. The molecule has 0 amide bonds. The second kappa shape index (κ2) is 7.72. The lowest BCUT2D eigenvalue weighted by molar-refractivity contribution is 0.0654. The van der Waals surface area contributed by atoms with E-state index in [1.807, 2.05) is 7.05 Å². The van der Waals surface area contributed by atoms with Gasteiger partial charge in [0.25, 0.3) is 0 Å². The summed E-state index contributed by atoms with van der Waals surface area (Å²) in [6.07, 6.45) is 0.736. The summed E-state index contributed by atoms with van der Waals surface area (Å²) in [7, 11) is 3.47. The van der Waals surface area contributed by atoms with E-state index in [-0.39, 0.29) is 6.04 Å². The quantitative estimate of drug-likeness (QED) is 0.403. The van der Waals surface area contributed by atoms with Crippen LogP contribution in [0.15, 0.2) is 4.60 Å². The highest BCUT2D eigenvalue weighted by molar-refractivity contribution is 9.10. The smallest absolute Gasteiger partial charge is 0.153 e. The summed E-state index contributed by atoms with van der Waals surface area (Å²) < 4.78 is 12.7. The van der Waals surface area contributed by atoms with Crippen LogP contribution in [0.3, 0.4) is 0 Å². The van der Waals surface area contributed by atoms with Gasteiger partial charge >= 0.3 is 0 Å². The Morgan fingerprint density at radius 3 is 2.76 bits per heavy atom. The highest BCUT2D eigenvalue weighted by Crippen LogP contribution is 2.22. The topological polar surface area (TPSA) is 87.2 Å². The highest BCUT2D eigenvalue weighted by atomic mass is 79.9. The van der Waals surface area contributed by atoms with E-state index in [9.17, 15) is 0 Å². The lowest BCUT2D eigenvalue weighted by atomic mass is 10.1. The Balaban J connectivity index is 2.43. The van der Waals surface area contributed by atoms with Gasteiger partial charge in [-0.3, -0.25) is 11.3 Å². The van der Waals surface area contributed by atoms with E-state index in [2.05, 4.69) is 31.7 Å². The van der Waals surface area contributed by atoms with Gasteiger partial charge < -0.3 is 9.47 Å². The first-order valence-electron chi connectivity index (χ1n) is 5.28. The van der Waals surface area contributed by atoms with Crippen molar-refractivity contribution < 1.29 is 9.47 Å². The second-order valence-corrected chi connectivity index (χ2v) is 4.25. The molecule has 8 heteroatoms. The van der Waals surface area contributed by atoms with E-state index < -0.39 is 0 Å². The molecule has 0 radical (unpaired) electrons. The maximum absolute atomic E-state index is 5.52. The fraction of sp³-hybridized carbons (Fsp3) is 0.778. The molecular formula is C9H18BrN5O2. The van der Waals surface area contributed by atoms with Crippen LogP contribution in [0.2, 0.25) is 0 Å². The number of rotatable bonds is 8. The predicted octanol–water partition coefficient (Wildman–Crippen LogP) is 0.135. The highest BCUT2D eigenvalue weighted by Gasteiger charge is 2.18. The number of nitrogens with one attached hydrogen (secondary N) is 1. The van der Waals surface area contributed by atoms with E-state index in [1.54, 1.807) is 11.8 Å². The normalized spacial score (nSPS) is 12.9. The van der Waals surface area contributed by atoms with Crippen LogP contribution in [0, 0.1) is 0 Å². The molecule has 17 heavy (non-hydrogen) atoms. The van der Waals surface area contributed by atoms with Crippen LogP contribution in [-0.2, 0) is 16.5 Å². The first-order valence-corrected chi connectivity index (χ1v) is 6.07. The maximum Gasteiger partial charge on any atom is 0.153 e. The predicted molar refractivity (Wildman–Crippen MR) is 66.1 cm³/mol. The van der Waals surface area contributed by atoms with Crippen molar-refractivity contribution in [1.29, 1.82) is 0 Å². The molecule has 98 valence electrons. The number of halogens is 1. The third kappa shape index (κ3) is 4.32. The summed E-state index contributed by atoms with van der Waals surface area (Å²) in [4.78, 5) is 0. The van der Waals surface area contributed by atoms with Gasteiger partial charge in [0.15, 0.2) is 4.60 Å². The molecule has 1 aromatic heterocycles. The van der Waals surface area contributed by atoms with Gasteiger partial charge in [0.1, 0.15) is 0 Å². The molecule has 1 heterocycles. The van der Waals surface area contributed by atoms with Crippen LogP contribution in [-0.4, -0.2) is 41.9 Å². The number of ether oxygens (including phenoxy) is 2. The van der Waals surface area contributed by atoms with Crippen LogP contribution < -0.4 is 11.3 Å². The Labute approximate surface area is 109 Å². The van der Waals surface area contributed by atoms with Crippen LogP contribution in [0.4, 0.5) is 0 Å². The minimum absolute atomic E-state index is 0.0491. The minimum Gasteiger partial charge on any atom is -0.382 e. The average Bonchev–Trinajstić information content (AvgIpc) is 2.65. The third-order valence-corrected chi connectivity index (χ3v) is 2.91. The van der Waals surface area contributed by atoms with E-state index in [0.717, 1.165) is 12.1 Å². The number of hydrogen-bond donors (Lipinski definition) is 2. The Hall–Kier alpha value is -0.540. The molecule has 1 aromatic rings. The molecule has 0 saturated heterocycles. The number of methoxy groups -OCH3 is 1. The van der Waals surface area contributed by atoms with Crippen molar-refractivity contribution >= 4 is 15.9 Å². The monoisotopic (exact) mass is 307 g/mol. The van der Waals surface area contributed by atoms with E-state index in [0.29, 0.717) is 24.4 Å². The van der Waals surface area contributed by atoms with E-state index in [4.69, 9.17) is 15.3 Å². The molecule has 7 nitrogen and oxygen atoms in total. The zero-order valence-corrected chi connectivity index (χ0v) is 11.6. The van der Waals surface area contributed by atoms with E-state index in [1.165, 1.54) is 0 Å². The largest absolute Gasteiger partial charge is 0.382 e. The van der Waals surface area contributed by atoms with Crippen LogP contribution in [0.25, 0.3) is 0 Å². The van der Waals surface area contributed by atoms with Gasteiger partial charge in [-0.2, -0.15) is 0 Å².